The van der Waals surface area contributed by atoms with Crippen molar-refractivity contribution in [3.8, 4) is 11.4 Å². The van der Waals surface area contributed by atoms with Crippen molar-refractivity contribution in [2.24, 2.45) is 0 Å². The van der Waals surface area contributed by atoms with E-state index in [2.05, 4.69) is 22.1 Å². The van der Waals surface area contributed by atoms with Crippen molar-refractivity contribution in [1.82, 2.24) is 20.1 Å². The number of rotatable bonds is 7. The number of nitrogens with one attached hydrogen (secondary N) is 1. The Balaban J connectivity index is 2.19. The van der Waals surface area contributed by atoms with Gasteiger partial charge in [0.25, 0.3) is 0 Å². The van der Waals surface area contributed by atoms with Gasteiger partial charge in [0, 0.05) is 13.1 Å². The van der Waals surface area contributed by atoms with Crippen LogP contribution in [0.2, 0.25) is 0 Å². The average molecular weight is 320 g/mol. The van der Waals surface area contributed by atoms with Gasteiger partial charge in [-0.2, -0.15) is 0 Å². The molecule has 0 saturated heterocycles. The summed E-state index contributed by atoms with van der Waals surface area (Å²) in [4.78, 5) is 11.9. The summed E-state index contributed by atoms with van der Waals surface area (Å²) in [6.07, 6.45) is 3.29. The third-order valence-electron chi connectivity index (χ3n) is 3.20. The summed E-state index contributed by atoms with van der Waals surface area (Å²) in [6, 6.07) is 1.88. The van der Waals surface area contributed by atoms with E-state index in [9.17, 15) is 4.79 Å². The largest absolute Gasteiger partial charge is 0.469 e. The number of aromatic nitrogens is 3. The van der Waals surface area contributed by atoms with Crippen LogP contribution in [0.15, 0.2) is 34.6 Å². The Labute approximate surface area is 134 Å². The minimum absolute atomic E-state index is 0.0448. The minimum atomic E-state index is -0.257. The van der Waals surface area contributed by atoms with Gasteiger partial charge in [0.1, 0.15) is 5.76 Å². The molecule has 0 bridgehead atoms. The number of furan rings is 1. The van der Waals surface area contributed by atoms with Crippen molar-refractivity contribution >= 4 is 17.7 Å². The van der Waals surface area contributed by atoms with Crippen LogP contribution in [0.1, 0.15) is 19.6 Å². The zero-order chi connectivity index (χ0) is 16.1. The van der Waals surface area contributed by atoms with Crippen LogP contribution in [0, 0.1) is 6.92 Å². The molecule has 0 spiro atoms. The van der Waals surface area contributed by atoms with Crippen molar-refractivity contribution < 1.29 is 9.21 Å². The number of carbonyl (C=O) groups is 1. The highest BCUT2D eigenvalue weighted by atomic mass is 32.2. The van der Waals surface area contributed by atoms with Crippen LogP contribution in [0.4, 0.5) is 0 Å². The van der Waals surface area contributed by atoms with Crippen molar-refractivity contribution in [1.29, 1.82) is 0 Å². The Morgan fingerprint density at radius 2 is 2.36 bits per heavy atom. The van der Waals surface area contributed by atoms with Crippen LogP contribution in [-0.4, -0.2) is 32.5 Å². The molecule has 2 rings (SSSR count). The number of aryl methyl sites for hydroxylation is 1. The lowest BCUT2D eigenvalue weighted by Crippen LogP contribution is -2.31. The number of amides is 1. The van der Waals surface area contributed by atoms with E-state index < -0.39 is 0 Å². The number of thioether (sulfide) groups is 1. The molecule has 118 valence electrons. The lowest BCUT2D eigenvalue weighted by molar-refractivity contribution is -0.120. The molecule has 1 amide bonds. The number of hydrogen-bond donors (Lipinski definition) is 1. The summed E-state index contributed by atoms with van der Waals surface area (Å²) in [7, 11) is 0. The number of carbonyl (C=O) groups excluding carboxylic acids is 1. The van der Waals surface area contributed by atoms with Gasteiger partial charge in [0.05, 0.1) is 17.1 Å². The van der Waals surface area contributed by atoms with Crippen LogP contribution in [0.5, 0.6) is 0 Å². The first kappa shape index (κ1) is 16.4. The average Bonchev–Trinajstić information content (AvgIpc) is 3.10. The maximum Gasteiger partial charge on any atom is 0.233 e. The lowest BCUT2D eigenvalue weighted by Gasteiger charge is -2.11. The molecule has 2 heterocycles. The van der Waals surface area contributed by atoms with Gasteiger partial charge < -0.3 is 14.3 Å². The van der Waals surface area contributed by atoms with Crippen molar-refractivity contribution in [3.63, 3.8) is 0 Å². The molecule has 0 radical (unpaired) electrons. The minimum Gasteiger partial charge on any atom is -0.469 e. The molecule has 0 aromatic carbocycles. The first-order valence-corrected chi connectivity index (χ1v) is 7.99. The normalized spacial score (nSPS) is 12.1. The molecule has 22 heavy (non-hydrogen) atoms. The first-order chi connectivity index (χ1) is 10.6. The molecule has 0 fully saturated rings. The van der Waals surface area contributed by atoms with Gasteiger partial charge >= 0.3 is 0 Å². The second-order valence-electron chi connectivity index (χ2n) is 4.73. The quantitative estimate of drug-likeness (QED) is 0.627. The lowest BCUT2D eigenvalue weighted by atomic mass is 10.2. The van der Waals surface area contributed by atoms with Crippen LogP contribution >= 0.6 is 11.8 Å². The molecule has 0 unspecified atom stereocenters. The first-order valence-electron chi connectivity index (χ1n) is 7.11. The third-order valence-corrected chi connectivity index (χ3v) is 4.29. The van der Waals surface area contributed by atoms with E-state index in [0.717, 1.165) is 28.8 Å². The number of nitrogens with zero attached hydrogens (tertiary/aromatic N) is 3. The Morgan fingerprint density at radius 3 is 2.95 bits per heavy atom. The highest BCUT2D eigenvalue weighted by molar-refractivity contribution is 8.00. The molecule has 7 heteroatoms. The predicted octanol–water partition coefficient (Wildman–Crippen LogP) is 2.65. The monoisotopic (exact) mass is 320 g/mol. The van der Waals surface area contributed by atoms with E-state index in [1.807, 2.05) is 31.4 Å². The maximum atomic E-state index is 11.9. The second kappa shape index (κ2) is 7.31. The van der Waals surface area contributed by atoms with Crippen LogP contribution in [0.3, 0.4) is 0 Å². The topological polar surface area (TPSA) is 73.0 Å². The summed E-state index contributed by atoms with van der Waals surface area (Å²) in [6.45, 7) is 10.5. The smallest absolute Gasteiger partial charge is 0.233 e. The fourth-order valence-electron chi connectivity index (χ4n) is 2.01. The molecule has 1 N–H and O–H groups in total. The van der Waals surface area contributed by atoms with Gasteiger partial charge in [-0.05, 0) is 26.8 Å². The molecule has 0 saturated carbocycles. The van der Waals surface area contributed by atoms with E-state index in [0.29, 0.717) is 6.54 Å². The van der Waals surface area contributed by atoms with Gasteiger partial charge in [0.2, 0.25) is 5.91 Å². The predicted molar refractivity (Wildman–Crippen MR) is 86.7 cm³/mol. The zero-order valence-corrected chi connectivity index (χ0v) is 13.8. The molecule has 0 aliphatic rings. The summed E-state index contributed by atoms with van der Waals surface area (Å²) in [5.41, 5.74) is 0.921. The van der Waals surface area contributed by atoms with Crippen molar-refractivity contribution in [2.75, 3.05) is 6.54 Å². The van der Waals surface area contributed by atoms with Gasteiger partial charge in [-0.3, -0.25) is 4.79 Å². The zero-order valence-electron chi connectivity index (χ0n) is 13.0. The van der Waals surface area contributed by atoms with Gasteiger partial charge in [-0.15, -0.1) is 16.8 Å². The highest BCUT2D eigenvalue weighted by Gasteiger charge is 2.21. The standard InChI is InChI=1S/C15H20N4O2S/c1-5-8-16-14(20)11(4)22-15-18-17-13(19(15)6-2)12-7-9-21-10(12)3/h5,7,9,11H,1,6,8H2,2-4H3,(H,16,20)/t11-/m1/s1. The fourth-order valence-corrected chi connectivity index (χ4v) is 2.94. The van der Waals surface area contributed by atoms with E-state index in [-0.39, 0.29) is 11.2 Å². The van der Waals surface area contributed by atoms with Crippen LogP contribution < -0.4 is 5.32 Å². The highest BCUT2D eigenvalue weighted by Crippen LogP contribution is 2.28. The summed E-state index contributed by atoms with van der Waals surface area (Å²) in [5, 5.41) is 11.7. The van der Waals surface area contributed by atoms with Gasteiger partial charge in [-0.1, -0.05) is 17.8 Å². The Bertz CT molecular complexity index is 662. The maximum absolute atomic E-state index is 11.9. The molecular formula is C15H20N4O2S. The molecular weight excluding hydrogens is 300 g/mol. The van der Waals surface area contributed by atoms with Gasteiger partial charge in [-0.25, -0.2) is 0 Å². The fraction of sp³-hybridized carbons (Fsp3) is 0.400. The number of hydrogen-bond acceptors (Lipinski definition) is 5. The van der Waals surface area contributed by atoms with E-state index in [1.54, 1.807) is 12.3 Å². The van der Waals surface area contributed by atoms with Crippen LogP contribution in [-0.2, 0) is 11.3 Å². The molecule has 0 aliphatic heterocycles. The molecule has 0 aliphatic carbocycles. The van der Waals surface area contributed by atoms with Crippen molar-refractivity contribution in [2.45, 2.75) is 37.7 Å². The van der Waals surface area contributed by atoms with E-state index >= 15 is 0 Å². The Kier molecular flexibility index (Phi) is 5.43. The van der Waals surface area contributed by atoms with Crippen molar-refractivity contribution in [3.05, 3.63) is 30.7 Å². The Hall–Kier alpha value is -2.02. The molecule has 2 aromatic heterocycles. The van der Waals surface area contributed by atoms with E-state index in [4.69, 9.17) is 4.42 Å². The molecule has 6 nitrogen and oxygen atoms in total. The summed E-state index contributed by atoms with van der Waals surface area (Å²) in [5.74, 6) is 1.52. The molecule has 1 atom stereocenters. The third kappa shape index (κ3) is 3.41. The van der Waals surface area contributed by atoms with Crippen LogP contribution in [0.25, 0.3) is 11.4 Å². The second-order valence-corrected chi connectivity index (χ2v) is 6.04. The SMILES string of the molecule is C=CCNC(=O)[C@@H](C)Sc1nnc(-c2ccoc2C)n1CC. The van der Waals surface area contributed by atoms with Gasteiger partial charge in [0.15, 0.2) is 11.0 Å². The van der Waals surface area contributed by atoms with E-state index in [1.165, 1.54) is 11.8 Å². The molecule has 2 aromatic rings. The summed E-state index contributed by atoms with van der Waals surface area (Å²) < 4.78 is 7.32. The Morgan fingerprint density at radius 1 is 1.59 bits per heavy atom. The summed E-state index contributed by atoms with van der Waals surface area (Å²) >= 11 is 1.39.